The van der Waals surface area contributed by atoms with Crippen LogP contribution in [0.4, 0.5) is 33.3 Å². The first kappa shape index (κ1) is 30.9. The van der Waals surface area contributed by atoms with Gasteiger partial charge in [0.1, 0.15) is 6.10 Å². The van der Waals surface area contributed by atoms with Gasteiger partial charge in [-0.05, 0) is 31.2 Å². The van der Waals surface area contributed by atoms with Crippen LogP contribution in [0.3, 0.4) is 0 Å². The van der Waals surface area contributed by atoms with E-state index in [9.17, 15) is 31.5 Å². The van der Waals surface area contributed by atoms with Gasteiger partial charge in [-0.1, -0.05) is 17.7 Å². The van der Waals surface area contributed by atoms with Gasteiger partial charge < -0.3 is 25.6 Å². The van der Waals surface area contributed by atoms with Crippen molar-refractivity contribution in [3.05, 3.63) is 58.1 Å². The molecule has 0 saturated carbocycles. The number of hydrogen-bond donors (Lipinski definition) is 3. The number of anilines is 2. The van der Waals surface area contributed by atoms with Crippen LogP contribution in [0.25, 0.3) is 0 Å². The van der Waals surface area contributed by atoms with Crippen LogP contribution in [0.15, 0.2) is 30.3 Å². The lowest BCUT2D eigenvalue weighted by Crippen LogP contribution is -2.52. The molecule has 0 spiro atoms. The van der Waals surface area contributed by atoms with Gasteiger partial charge in [-0.2, -0.15) is 13.2 Å². The number of nitrogens with one attached hydrogen (secondary N) is 3. The molecule has 2 saturated heterocycles. The highest BCUT2D eigenvalue weighted by atomic mass is 35.5. The first-order valence-corrected chi connectivity index (χ1v) is 13.5. The lowest BCUT2D eigenvalue weighted by molar-refractivity contribution is -0.138. The lowest BCUT2D eigenvalue weighted by atomic mass is 10.1. The molecule has 3 N–H and O–H groups in total. The van der Waals surface area contributed by atoms with Crippen molar-refractivity contribution in [3.63, 3.8) is 0 Å². The number of halogens is 6. The molecule has 2 amide bonds. The van der Waals surface area contributed by atoms with E-state index in [-0.39, 0.29) is 30.4 Å². The van der Waals surface area contributed by atoms with E-state index in [1.54, 1.807) is 11.0 Å². The van der Waals surface area contributed by atoms with E-state index in [1.807, 2.05) is 11.8 Å². The third-order valence-electron chi connectivity index (χ3n) is 7.02. The van der Waals surface area contributed by atoms with Gasteiger partial charge in [0.25, 0.3) is 11.8 Å². The molecule has 2 aromatic carbocycles. The number of morpholine rings is 1. The molecule has 2 atom stereocenters. The standard InChI is InChI=1S/C27H31ClF5N5O3/c1-16-15-37(8-6-27(31,32)33)9-10-38(16)21-12-18(28)3-5-20(21)36-25(39)19-4-2-17(23(29)24(19)30)13-35-26(40)22-14-34-7-11-41-22/h2-5,12,16,22,34H,6-11,13-15H2,1H3,(H,35,40)(H,36,39)/t16-,22?/m1/s1. The highest BCUT2D eigenvalue weighted by molar-refractivity contribution is 6.31. The van der Waals surface area contributed by atoms with Gasteiger partial charge in [0.2, 0.25) is 0 Å². The lowest BCUT2D eigenvalue weighted by Gasteiger charge is -2.42. The van der Waals surface area contributed by atoms with Crippen LogP contribution >= 0.6 is 11.6 Å². The molecule has 0 aromatic heterocycles. The molecule has 41 heavy (non-hydrogen) atoms. The first-order valence-electron chi connectivity index (χ1n) is 13.2. The summed E-state index contributed by atoms with van der Waals surface area (Å²) in [5.74, 6) is -4.00. The molecule has 0 bridgehead atoms. The largest absolute Gasteiger partial charge is 0.390 e. The van der Waals surface area contributed by atoms with Crippen LogP contribution in [0.2, 0.25) is 5.02 Å². The molecule has 2 aliphatic rings. The van der Waals surface area contributed by atoms with Crippen molar-refractivity contribution >= 4 is 34.8 Å². The average Bonchev–Trinajstić information content (AvgIpc) is 2.93. The second-order valence-electron chi connectivity index (χ2n) is 10.0. The zero-order valence-electron chi connectivity index (χ0n) is 22.3. The van der Waals surface area contributed by atoms with Crippen molar-refractivity contribution in [2.24, 2.45) is 0 Å². The third-order valence-corrected chi connectivity index (χ3v) is 7.26. The second-order valence-corrected chi connectivity index (χ2v) is 10.4. The fourth-order valence-corrected chi connectivity index (χ4v) is 5.01. The quantitative estimate of drug-likeness (QED) is 0.397. The Kier molecular flexibility index (Phi) is 10.1. The summed E-state index contributed by atoms with van der Waals surface area (Å²) in [6.45, 7) is 3.81. The summed E-state index contributed by atoms with van der Waals surface area (Å²) in [5, 5.41) is 8.48. The molecule has 224 valence electrons. The number of ether oxygens (including phenoxy) is 1. The molecule has 2 heterocycles. The number of hydrogen-bond acceptors (Lipinski definition) is 6. The van der Waals surface area contributed by atoms with Crippen LogP contribution < -0.4 is 20.9 Å². The normalized spacial score (nSPS) is 20.1. The van der Waals surface area contributed by atoms with Crippen LogP contribution in [-0.4, -0.2) is 80.9 Å². The Morgan fingerprint density at radius 2 is 1.93 bits per heavy atom. The number of alkyl halides is 3. The van der Waals surface area contributed by atoms with Crippen molar-refractivity contribution in [3.8, 4) is 0 Å². The summed E-state index contributed by atoms with van der Waals surface area (Å²) >= 11 is 6.21. The summed E-state index contributed by atoms with van der Waals surface area (Å²) in [6, 6.07) is 6.79. The molecule has 0 radical (unpaired) electrons. The fraction of sp³-hybridized carbons (Fsp3) is 0.481. The van der Waals surface area contributed by atoms with E-state index in [1.165, 1.54) is 18.2 Å². The Morgan fingerprint density at radius 3 is 2.61 bits per heavy atom. The number of nitrogens with zero attached hydrogens (tertiary/aromatic N) is 2. The Morgan fingerprint density at radius 1 is 1.15 bits per heavy atom. The van der Waals surface area contributed by atoms with Gasteiger partial charge in [-0.25, -0.2) is 8.78 Å². The predicted molar refractivity (Wildman–Crippen MR) is 144 cm³/mol. The van der Waals surface area contributed by atoms with Crippen LogP contribution in [0, 0.1) is 11.6 Å². The highest BCUT2D eigenvalue weighted by Crippen LogP contribution is 2.33. The number of carbonyl (C=O) groups is 2. The monoisotopic (exact) mass is 603 g/mol. The average molecular weight is 604 g/mol. The van der Waals surface area contributed by atoms with Crippen molar-refractivity contribution < 1.29 is 36.3 Å². The molecule has 2 aromatic rings. The third kappa shape index (κ3) is 8.06. The Balaban J connectivity index is 1.43. The van der Waals surface area contributed by atoms with E-state index < -0.39 is 47.7 Å². The second kappa shape index (κ2) is 13.3. The molecule has 14 heteroatoms. The van der Waals surface area contributed by atoms with E-state index in [0.29, 0.717) is 50.0 Å². The van der Waals surface area contributed by atoms with Crippen LogP contribution in [0.1, 0.15) is 29.3 Å². The number of amides is 2. The zero-order valence-corrected chi connectivity index (χ0v) is 23.0. The minimum Gasteiger partial charge on any atom is -0.366 e. The van der Waals surface area contributed by atoms with Crippen molar-refractivity contribution in [2.75, 3.05) is 56.1 Å². The van der Waals surface area contributed by atoms with E-state index >= 15 is 0 Å². The Bertz CT molecular complexity index is 1260. The molecular formula is C27H31ClF5N5O3. The van der Waals surface area contributed by atoms with Gasteiger partial charge in [0.05, 0.1) is 30.0 Å². The van der Waals surface area contributed by atoms with E-state index in [2.05, 4.69) is 16.0 Å². The topological polar surface area (TPSA) is 85.9 Å². The highest BCUT2D eigenvalue weighted by Gasteiger charge is 2.31. The maximum atomic E-state index is 15.0. The summed E-state index contributed by atoms with van der Waals surface area (Å²) in [7, 11) is 0. The molecule has 2 aliphatic heterocycles. The van der Waals surface area contributed by atoms with Crippen molar-refractivity contribution in [2.45, 2.75) is 38.2 Å². The van der Waals surface area contributed by atoms with Crippen LogP contribution in [-0.2, 0) is 16.1 Å². The minimum absolute atomic E-state index is 0.114. The first-order chi connectivity index (χ1) is 19.4. The maximum absolute atomic E-state index is 15.0. The number of benzene rings is 2. The van der Waals surface area contributed by atoms with E-state index in [4.69, 9.17) is 16.3 Å². The van der Waals surface area contributed by atoms with Gasteiger partial charge in [0, 0.05) is 62.4 Å². The summed E-state index contributed by atoms with van der Waals surface area (Å²) in [5.41, 5.74) is 0.115. The summed E-state index contributed by atoms with van der Waals surface area (Å²) in [4.78, 5) is 28.9. The summed E-state index contributed by atoms with van der Waals surface area (Å²) < 4.78 is 73.1. The molecule has 1 unspecified atom stereocenters. The molecule has 4 rings (SSSR count). The van der Waals surface area contributed by atoms with Crippen molar-refractivity contribution in [1.82, 2.24) is 15.5 Å². The molecule has 2 fully saturated rings. The van der Waals surface area contributed by atoms with Gasteiger partial charge in [-0.3, -0.25) is 14.5 Å². The predicted octanol–water partition coefficient (Wildman–Crippen LogP) is 3.94. The number of piperazine rings is 1. The summed E-state index contributed by atoms with van der Waals surface area (Å²) in [6.07, 6.45) is -5.88. The maximum Gasteiger partial charge on any atom is 0.390 e. The Labute approximate surface area is 239 Å². The van der Waals surface area contributed by atoms with Gasteiger partial charge in [0.15, 0.2) is 11.6 Å². The molecular weight excluding hydrogens is 573 g/mol. The smallest absolute Gasteiger partial charge is 0.366 e. The SMILES string of the molecule is C[C@@H]1CN(CCC(F)(F)F)CCN1c1cc(Cl)ccc1NC(=O)c1ccc(CNC(=O)C2CNCCO2)c(F)c1F. The molecule has 0 aliphatic carbocycles. The molecule has 8 nitrogen and oxygen atoms in total. The zero-order chi connectivity index (χ0) is 29.7. The van der Waals surface area contributed by atoms with Gasteiger partial charge in [-0.15, -0.1) is 0 Å². The number of rotatable bonds is 8. The fourth-order valence-electron chi connectivity index (χ4n) is 4.85. The Hall–Kier alpha value is -3.00. The minimum atomic E-state index is -4.24. The number of carbonyl (C=O) groups excluding carboxylic acids is 2. The van der Waals surface area contributed by atoms with Crippen LogP contribution in [0.5, 0.6) is 0 Å². The van der Waals surface area contributed by atoms with Crippen molar-refractivity contribution in [1.29, 1.82) is 0 Å². The van der Waals surface area contributed by atoms with E-state index in [0.717, 1.165) is 6.07 Å². The van der Waals surface area contributed by atoms with Gasteiger partial charge >= 0.3 is 6.18 Å².